The normalized spacial score (nSPS) is 9.88. The summed E-state index contributed by atoms with van der Waals surface area (Å²) in [6.45, 7) is 1.16. The second-order valence-corrected chi connectivity index (χ2v) is 3.07. The minimum absolute atomic E-state index is 0.296. The van der Waals surface area contributed by atoms with E-state index in [4.69, 9.17) is 10.5 Å². The molecule has 1 rings (SSSR count). The number of esters is 1. The molecule has 16 heavy (non-hydrogen) atoms. The average molecular weight is 225 g/mol. The van der Waals surface area contributed by atoms with Crippen LogP contribution in [0.15, 0.2) is 12.3 Å². The Hall–Kier alpha value is -1.82. The maximum absolute atomic E-state index is 11.3. The predicted octanol–water partition coefficient (Wildman–Crippen LogP) is 0.509. The van der Waals surface area contributed by atoms with Crippen molar-refractivity contribution in [3.63, 3.8) is 0 Å². The van der Waals surface area contributed by atoms with Gasteiger partial charge in [0.05, 0.1) is 31.2 Å². The Bertz CT molecular complexity index is 368. The maximum atomic E-state index is 11.3. The fourth-order valence-electron chi connectivity index (χ4n) is 1.13. The number of hydrogen-bond acceptors (Lipinski definition) is 6. The van der Waals surface area contributed by atoms with Crippen LogP contribution in [0.1, 0.15) is 10.4 Å². The summed E-state index contributed by atoms with van der Waals surface area (Å²) in [7, 11) is 2.91. The molecule has 0 bridgehead atoms. The number of carbonyl (C=O) groups is 1. The molecule has 1 aromatic rings. The number of aromatic nitrogens is 1. The van der Waals surface area contributed by atoms with Gasteiger partial charge in [-0.25, -0.2) is 9.78 Å². The molecule has 1 heterocycles. The first-order valence-corrected chi connectivity index (χ1v) is 4.75. The molecule has 0 amide bonds. The van der Waals surface area contributed by atoms with Crippen molar-refractivity contribution < 1.29 is 14.3 Å². The van der Waals surface area contributed by atoms with Gasteiger partial charge in [0, 0.05) is 13.7 Å². The number of pyridine rings is 1. The molecule has 0 unspecified atom stereocenters. The second kappa shape index (κ2) is 5.92. The first-order valence-electron chi connectivity index (χ1n) is 4.75. The first-order chi connectivity index (χ1) is 7.69. The minimum Gasteiger partial charge on any atom is -0.465 e. The number of nitrogens with zero attached hydrogens (tertiary/aromatic N) is 1. The number of methoxy groups -OCH3 is 2. The van der Waals surface area contributed by atoms with E-state index in [1.807, 2.05) is 0 Å². The van der Waals surface area contributed by atoms with E-state index >= 15 is 0 Å². The van der Waals surface area contributed by atoms with Crippen molar-refractivity contribution in [2.75, 3.05) is 38.4 Å². The van der Waals surface area contributed by atoms with Crippen LogP contribution in [0.2, 0.25) is 0 Å². The van der Waals surface area contributed by atoms with Crippen molar-refractivity contribution in [2.24, 2.45) is 0 Å². The lowest BCUT2D eigenvalue weighted by Gasteiger charge is -2.08. The van der Waals surface area contributed by atoms with Gasteiger partial charge in [0.1, 0.15) is 5.82 Å². The Morgan fingerprint density at radius 3 is 2.94 bits per heavy atom. The third-order valence-electron chi connectivity index (χ3n) is 1.95. The van der Waals surface area contributed by atoms with Gasteiger partial charge >= 0.3 is 5.97 Å². The third-order valence-corrected chi connectivity index (χ3v) is 1.95. The van der Waals surface area contributed by atoms with Crippen LogP contribution >= 0.6 is 0 Å². The number of nitrogen functional groups attached to an aromatic ring is 1. The second-order valence-electron chi connectivity index (χ2n) is 3.07. The lowest BCUT2D eigenvalue weighted by Crippen LogP contribution is -2.11. The van der Waals surface area contributed by atoms with Gasteiger partial charge in [-0.1, -0.05) is 0 Å². The molecule has 0 saturated carbocycles. The first kappa shape index (κ1) is 12.3. The van der Waals surface area contributed by atoms with Crippen LogP contribution in [-0.4, -0.2) is 38.3 Å². The smallest absolute Gasteiger partial charge is 0.340 e. The summed E-state index contributed by atoms with van der Waals surface area (Å²) in [5.74, 6) is 0.0846. The average Bonchev–Trinajstić information content (AvgIpc) is 2.30. The summed E-state index contributed by atoms with van der Waals surface area (Å²) in [5.41, 5.74) is 6.20. The SMILES string of the molecule is COCCNc1cc(C(=O)OC)c(N)cn1. The van der Waals surface area contributed by atoms with E-state index in [0.717, 1.165) is 0 Å². The van der Waals surface area contributed by atoms with Gasteiger partial charge in [-0.05, 0) is 6.07 Å². The summed E-state index contributed by atoms with van der Waals surface area (Å²) in [5, 5.41) is 2.99. The van der Waals surface area contributed by atoms with Crippen molar-refractivity contribution in [2.45, 2.75) is 0 Å². The van der Waals surface area contributed by atoms with Gasteiger partial charge in [-0.3, -0.25) is 0 Å². The highest BCUT2D eigenvalue weighted by Gasteiger charge is 2.11. The summed E-state index contributed by atoms with van der Waals surface area (Å²) >= 11 is 0. The van der Waals surface area contributed by atoms with Crippen molar-refractivity contribution in [1.82, 2.24) is 4.98 Å². The molecule has 88 valence electrons. The molecule has 1 aromatic heterocycles. The Kier molecular flexibility index (Phi) is 4.53. The lowest BCUT2D eigenvalue weighted by atomic mass is 10.2. The fraction of sp³-hybridized carbons (Fsp3) is 0.400. The maximum Gasteiger partial charge on any atom is 0.340 e. The van der Waals surface area contributed by atoms with E-state index in [0.29, 0.717) is 30.2 Å². The van der Waals surface area contributed by atoms with Crippen LogP contribution < -0.4 is 11.1 Å². The van der Waals surface area contributed by atoms with E-state index in [-0.39, 0.29) is 0 Å². The standard InChI is InChI=1S/C10H15N3O3/c1-15-4-3-12-9-5-7(10(14)16-2)8(11)6-13-9/h5-6H,3-4,11H2,1-2H3,(H,12,13). The number of nitrogens with two attached hydrogens (primary N) is 1. The van der Waals surface area contributed by atoms with Crippen molar-refractivity contribution >= 4 is 17.5 Å². The fourth-order valence-corrected chi connectivity index (χ4v) is 1.13. The van der Waals surface area contributed by atoms with Crippen LogP contribution in [0, 0.1) is 0 Å². The molecule has 0 radical (unpaired) electrons. The quantitative estimate of drug-likeness (QED) is 0.561. The zero-order valence-electron chi connectivity index (χ0n) is 9.32. The number of anilines is 2. The Morgan fingerprint density at radius 1 is 1.56 bits per heavy atom. The Labute approximate surface area is 93.8 Å². The largest absolute Gasteiger partial charge is 0.465 e. The highest BCUT2D eigenvalue weighted by molar-refractivity contribution is 5.95. The number of nitrogens with one attached hydrogen (secondary N) is 1. The van der Waals surface area contributed by atoms with E-state index in [1.54, 1.807) is 13.2 Å². The Balaban J connectivity index is 2.77. The van der Waals surface area contributed by atoms with Crippen LogP contribution in [0.5, 0.6) is 0 Å². The minimum atomic E-state index is -0.477. The molecular weight excluding hydrogens is 210 g/mol. The van der Waals surface area contributed by atoms with E-state index in [1.165, 1.54) is 13.3 Å². The molecule has 0 aromatic carbocycles. The topological polar surface area (TPSA) is 86.5 Å². The van der Waals surface area contributed by atoms with Crippen LogP contribution in [0.4, 0.5) is 11.5 Å². The molecular formula is C10H15N3O3. The van der Waals surface area contributed by atoms with Crippen molar-refractivity contribution in [1.29, 1.82) is 0 Å². The van der Waals surface area contributed by atoms with Gasteiger partial charge in [-0.15, -0.1) is 0 Å². The summed E-state index contributed by atoms with van der Waals surface area (Å²) in [4.78, 5) is 15.4. The number of rotatable bonds is 5. The Morgan fingerprint density at radius 2 is 2.31 bits per heavy atom. The van der Waals surface area contributed by atoms with E-state index in [2.05, 4.69) is 15.0 Å². The summed E-state index contributed by atoms with van der Waals surface area (Å²) in [6, 6.07) is 1.55. The monoisotopic (exact) mass is 225 g/mol. The van der Waals surface area contributed by atoms with E-state index < -0.39 is 5.97 Å². The zero-order chi connectivity index (χ0) is 12.0. The summed E-state index contributed by atoms with van der Waals surface area (Å²) in [6.07, 6.45) is 1.42. The van der Waals surface area contributed by atoms with Gasteiger partial charge in [0.2, 0.25) is 0 Å². The summed E-state index contributed by atoms with van der Waals surface area (Å²) < 4.78 is 9.48. The highest BCUT2D eigenvalue weighted by Crippen LogP contribution is 2.15. The molecule has 6 heteroatoms. The van der Waals surface area contributed by atoms with Gasteiger partial charge in [-0.2, -0.15) is 0 Å². The lowest BCUT2D eigenvalue weighted by molar-refractivity contribution is 0.0602. The van der Waals surface area contributed by atoms with Crippen molar-refractivity contribution in [3.8, 4) is 0 Å². The number of ether oxygens (including phenoxy) is 2. The van der Waals surface area contributed by atoms with Crippen LogP contribution in [0.25, 0.3) is 0 Å². The van der Waals surface area contributed by atoms with Gasteiger partial charge < -0.3 is 20.5 Å². The number of hydrogen-bond donors (Lipinski definition) is 2. The molecule has 3 N–H and O–H groups in total. The third kappa shape index (κ3) is 3.09. The molecule has 0 fully saturated rings. The molecule has 0 spiro atoms. The molecule has 0 aliphatic heterocycles. The molecule has 6 nitrogen and oxygen atoms in total. The molecule has 0 saturated heterocycles. The van der Waals surface area contributed by atoms with E-state index in [9.17, 15) is 4.79 Å². The van der Waals surface area contributed by atoms with Crippen LogP contribution in [0.3, 0.4) is 0 Å². The molecule has 0 atom stereocenters. The number of carbonyl (C=O) groups excluding carboxylic acids is 1. The molecule has 0 aliphatic carbocycles. The zero-order valence-corrected chi connectivity index (χ0v) is 9.32. The van der Waals surface area contributed by atoms with Crippen molar-refractivity contribution in [3.05, 3.63) is 17.8 Å². The predicted molar refractivity (Wildman–Crippen MR) is 60.4 cm³/mol. The van der Waals surface area contributed by atoms with Crippen LogP contribution in [-0.2, 0) is 9.47 Å². The highest BCUT2D eigenvalue weighted by atomic mass is 16.5. The van der Waals surface area contributed by atoms with Gasteiger partial charge in [0.15, 0.2) is 0 Å². The van der Waals surface area contributed by atoms with Gasteiger partial charge in [0.25, 0.3) is 0 Å². The molecule has 0 aliphatic rings.